The molecule has 1 N–H and O–H groups in total. The number of rotatable bonds is 8. The molecule has 2 aromatic rings. The van der Waals surface area contributed by atoms with Crippen molar-refractivity contribution in [3.05, 3.63) is 41.7 Å². The van der Waals surface area contributed by atoms with Crippen LogP contribution in [0.5, 0.6) is 0 Å². The molecule has 1 saturated carbocycles. The van der Waals surface area contributed by atoms with E-state index in [2.05, 4.69) is 32.2 Å². The molecule has 1 aliphatic rings. The van der Waals surface area contributed by atoms with Gasteiger partial charge in [-0.1, -0.05) is 42.1 Å². The van der Waals surface area contributed by atoms with Gasteiger partial charge in [0, 0.05) is 12.5 Å². The Kier molecular flexibility index (Phi) is 5.49. The number of carbonyl (C=O) groups excluding carboxylic acids is 1. The van der Waals surface area contributed by atoms with Crippen LogP contribution in [0.25, 0.3) is 0 Å². The van der Waals surface area contributed by atoms with E-state index in [1.165, 1.54) is 17.3 Å². The van der Waals surface area contributed by atoms with Crippen molar-refractivity contribution < 1.29 is 4.79 Å². The normalized spacial score (nSPS) is 13.5. The van der Waals surface area contributed by atoms with Gasteiger partial charge in [-0.2, -0.15) is 5.26 Å². The average Bonchev–Trinajstić information content (AvgIpc) is 3.37. The van der Waals surface area contributed by atoms with Crippen molar-refractivity contribution in [2.75, 3.05) is 12.3 Å². The van der Waals surface area contributed by atoms with Crippen LogP contribution in [0.2, 0.25) is 0 Å². The third-order valence-corrected chi connectivity index (χ3v) is 4.73. The average molecular weight is 341 g/mol. The number of nitriles is 1. The first-order chi connectivity index (χ1) is 11.8. The van der Waals surface area contributed by atoms with Gasteiger partial charge in [0.25, 0.3) is 0 Å². The third-order valence-electron chi connectivity index (χ3n) is 3.76. The van der Waals surface area contributed by atoms with Gasteiger partial charge in [-0.15, -0.1) is 10.2 Å². The van der Waals surface area contributed by atoms with Gasteiger partial charge in [-0.3, -0.25) is 4.79 Å². The minimum Gasteiger partial charge on any atom is -0.354 e. The van der Waals surface area contributed by atoms with Crippen molar-refractivity contribution in [1.29, 1.82) is 5.26 Å². The standard InChI is InChI=1S/C17H19N5OS/c18-9-4-10-19-15(23)12-24-17-21-20-16(14-7-8-14)22(17)11-13-5-2-1-3-6-13/h1-3,5-6,14H,4,7-8,10-12H2,(H,19,23). The number of nitrogens with one attached hydrogen (secondary N) is 1. The molecule has 1 heterocycles. The number of amides is 1. The van der Waals surface area contributed by atoms with E-state index in [1.807, 2.05) is 24.3 Å². The summed E-state index contributed by atoms with van der Waals surface area (Å²) >= 11 is 1.39. The van der Waals surface area contributed by atoms with E-state index in [9.17, 15) is 4.79 Å². The quantitative estimate of drug-likeness (QED) is 0.588. The van der Waals surface area contributed by atoms with Crippen molar-refractivity contribution >= 4 is 17.7 Å². The summed E-state index contributed by atoms with van der Waals surface area (Å²) in [6.07, 6.45) is 2.64. The third kappa shape index (κ3) is 4.36. The van der Waals surface area contributed by atoms with Crippen LogP contribution in [0, 0.1) is 11.3 Å². The van der Waals surface area contributed by atoms with Crippen molar-refractivity contribution in [2.24, 2.45) is 0 Å². The zero-order valence-corrected chi connectivity index (χ0v) is 14.1. The van der Waals surface area contributed by atoms with Crippen LogP contribution in [-0.2, 0) is 11.3 Å². The maximum atomic E-state index is 11.8. The maximum Gasteiger partial charge on any atom is 0.230 e. The minimum absolute atomic E-state index is 0.0857. The van der Waals surface area contributed by atoms with Gasteiger partial charge in [-0.25, -0.2) is 0 Å². The van der Waals surface area contributed by atoms with E-state index in [4.69, 9.17) is 5.26 Å². The summed E-state index contributed by atoms with van der Waals surface area (Å²) < 4.78 is 2.13. The first-order valence-electron chi connectivity index (χ1n) is 8.01. The molecule has 0 spiro atoms. The zero-order chi connectivity index (χ0) is 16.8. The maximum absolute atomic E-state index is 11.8. The summed E-state index contributed by atoms with van der Waals surface area (Å²) in [4.78, 5) is 11.8. The van der Waals surface area contributed by atoms with Crippen LogP contribution < -0.4 is 5.32 Å². The van der Waals surface area contributed by atoms with Gasteiger partial charge in [0.05, 0.1) is 24.8 Å². The number of carbonyl (C=O) groups is 1. The monoisotopic (exact) mass is 341 g/mol. The van der Waals surface area contributed by atoms with E-state index in [0.29, 0.717) is 18.9 Å². The molecule has 0 aliphatic heterocycles. The van der Waals surface area contributed by atoms with Crippen LogP contribution in [0.1, 0.15) is 36.6 Å². The van der Waals surface area contributed by atoms with Crippen LogP contribution in [-0.4, -0.2) is 33.0 Å². The van der Waals surface area contributed by atoms with Gasteiger partial charge >= 0.3 is 0 Å². The number of hydrogen-bond donors (Lipinski definition) is 1. The highest BCUT2D eigenvalue weighted by atomic mass is 32.2. The first kappa shape index (κ1) is 16.5. The molecule has 6 nitrogen and oxygen atoms in total. The summed E-state index contributed by atoms with van der Waals surface area (Å²) in [7, 11) is 0. The second kappa shape index (κ2) is 7.97. The molecule has 0 atom stereocenters. The molecule has 124 valence electrons. The lowest BCUT2D eigenvalue weighted by atomic mass is 10.2. The Labute approximate surface area is 145 Å². The van der Waals surface area contributed by atoms with Crippen LogP contribution >= 0.6 is 11.8 Å². The largest absolute Gasteiger partial charge is 0.354 e. The summed E-state index contributed by atoms with van der Waals surface area (Å²) in [5.74, 6) is 1.71. The summed E-state index contributed by atoms with van der Waals surface area (Å²) in [6.45, 7) is 1.11. The van der Waals surface area contributed by atoms with E-state index >= 15 is 0 Å². The molecular formula is C17H19N5OS. The summed E-state index contributed by atoms with van der Waals surface area (Å²) in [5.41, 5.74) is 1.19. The van der Waals surface area contributed by atoms with Crippen LogP contribution in [0.4, 0.5) is 0 Å². The van der Waals surface area contributed by atoms with Gasteiger partial charge < -0.3 is 9.88 Å². The highest BCUT2D eigenvalue weighted by Crippen LogP contribution is 2.40. The summed E-state index contributed by atoms with van der Waals surface area (Å²) in [5, 5.41) is 20.6. The Morgan fingerprint density at radius 1 is 1.33 bits per heavy atom. The van der Waals surface area contributed by atoms with Crippen molar-refractivity contribution in [1.82, 2.24) is 20.1 Å². The number of hydrogen-bond acceptors (Lipinski definition) is 5. The topological polar surface area (TPSA) is 83.6 Å². The number of benzene rings is 1. The smallest absolute Gasteiger partial charge is 0.230 e. The molecule has 1 amide bonds. The fraction of sp³-hybridized carbons (Fsp3) is 0.412. The Balaban J connectivity index is 1.67. The van der Waals surface area contributed by atoms with Gasteiger partial charge in [0.15, 0.2) is 5.16 Å². The molecule has 1 fully saturated rings. The Morgan fingerprint density at radius 3 is 2.83 bits per heavy atom. The molecule has 0 saturated heterocycles. The molecule has 1 aliphatic carbocycles. The molecule has 0 bridgehead atoms. The highest BCUT2D eigenvalue weighted by molar-refractivity contribution is 7.99. The Hall–Kier alpha value is -2.33. The number of nitrogens with zero attached hydrogens (tertiary/aromatic N) is 4. The lowest BCUT2D eigenvalue weighted by Crippen LogP contribution is -2.26. The lowest BCUT2D eigenvalue weighted by Gasteiger charge is -2.10. The van der Waals surface area contributed by atoms with Crippen LogP contribution in [0.3, 0.4) is 0 Å². The molecule has 0 radical (unpaired) electrons. The fourth-order valence-corrected chi connectivity index (χ4v) is 3.18. The zero-order valence-electron chi connectivity index (χ0n) is 13.3. The Bertz CT molecular complexity index is 733. The number of aromatic nitrogens is 3. The summed E-state index contributed by atoms with van der Waals surface area (Å²) in [6, 6.07) is 12.2. The SMILES string of the molecule is N#CCCNC(=O)CSc1nnc(C2CC2)n1Cc1ccccc1. The predicted octanol–water partition coefficient (Wildman–Crippen LogP) is 2.33. The van der Waals surface area contributed by atoms with Crippen LogP contribution in [0.15, 0.2) is 35.5 Å². The van der Waals surface area contributed by atoms with Gasteiger partial charge in [0.2, 0.25) is 5.91 Å². The first-order valence-corrected chi connectivity index (χ1v) is 9.00. The van der Waals surface area contributed by atoms with E-state index in [0.717, 1.165) is 30.4 Å². The molecule has 1 aromatic heterocycles. The lowest BCUT2D eigenvalue weighted by molar-refractivity contribution is -0.118. The van der Waals surface area contributed by atoms with Crippen molar-refractivity contribution in [3.63, 3.8) is 0 Å². The van der Waals surface area contributed by atoms with Gasteiger partial charge in [0.1, 0.15) is 5.82 Å². The highest BCUT2D eigenvalue weighted by Gasteiger charge is 2.30. The predicted molar refractivity (Wildman–Crippen MR) is 91.5 cm³/mol. The fourth-order valence-electron chi connectivity index (χ4n) is 2.40. The second-order valence-electron chi connectivity index (χ2n) is 5.73. The van der Waals surface area contributed by atoms with Crippen molar-refractivity contribution in [3.8, 4) is 6.07 Å². The minimum atomic E-state index is -0.0857. The molecule has 1 aromatic carbocycles. The van der Waals surface area contributed by atoms with Crippen molar-refractivity contribution in [2.45, 2.75) is 36.9 Å². The van der Waals surface area contributed by atoms with Gasteiger partial charge in [-0.05, 0) is 18.4 Å². The molecule has 24 heavy (non-hydrogen) atoms. The van der Waals surface area contributed by atoms with E-state index < -0.39 is 0 Å². The molecular weight excluding hydrogens is 322 g/mol. The van der Waals surface area contributed by atoms with E-state index in [1.54, 1.807) is 0 Å². The number of thioether (sulfide) groups is 1. The second-order valence-corrected chi connectivity index (χ2v) is 6.68. The van der Waals surface area contributed by atoms with E-state index in [-0.39, 0.29) is 11.7 Å². The molecule has 7 heteroatoms. The molecule has 0 unspecified atom stereocenters. The molecule has 3 rings (SSSR count). The Morgan fingerprint density at radius 2 is 2.12 bits per heavy atom.